The molecule has 0 unspecified atom stereocenters. The van der Waals surface area contributed by atoms with Crippen molar-refractivity contribution >= 4 is 5.91 Å². The van der Waals surface area contributed by atoms with E-state index in [1.807, 2.05) is 0 Å². The summed E-state index contributed by atoms with van der Waals surface area (Å²) in [7, 11) is 0. The Morgan fingerprint density at radius 3 is 3.00 bits per heavy atom. The molecule has 2 N–H and O–H groups in total. The van der Waals surface area contributed by atoms with Gasteiger partial charge in [0.05, 0.1) is 6.20 Å². The highest BCUT2D eigenvalue weighted by atomic mass is 16.2. The summed E-state index contributed by atoms with van der Waals surface area (Å²) in [6, 6.07) is 0. The Kier molecular flexibility index (Phi) is 4.80. The van der Waals surface area contributed by atoms with Crippen LogP contribution in [0, 0.1) is 12.3 Å². The lowest BCUT2D eigenvalue weighted by Gasteiger charge is -2.02. The van der Waals surface area contributed by atoms with Crippen molar-refractivity contribution < 1.29 is 4.79 Å². The summed E-state index contributed by atoms with van der Waals surface area (Å²) in [5.41, 5.74) is -0.123. The molecule has 0 aromatic carbocycles. The maximum absolute atomic E-state index is 11.5. The number of nitrogens with one attached hydrogen (secondary N) is 2. The zero-order chi connectivity index (χ0) is 11.8. The molecule has 0 saturated carbocycles. The molecule has 0 aliphatic heterocycles. The average Bonchev–Trinajstić information content (AvgIpc) is 2.29. The molecule has 0 radical (unpaired) electrons. The topological polar surface area (TPSA) is 74.8 Å². The highest BCUT2D eigenvalue weighted by Crippen LogP contribution is 1.93. The van der Waals surface area contributed by atoms with Crippen molar-refractivity contribution in [1.82, 2.24) is 15.3 Å². The van der Waals surface area contributed by atoms with E-state index in [9.17, 15) is 9.59 Å². The first-order chi connectivity index (χ1) is 7.74. The van der Waals surface area contributed by atoms with Crippen molar-refractivity contribution in [3.63, 3.8) is 0 Å². The van der Waals surface area contributed by atoms with Crippen LogP contribution >= 0.6 is 0 Å². The van der Waals surface area contributed by atoms with Gasteiger partial charge < -0.3 is 10.3 Å². The number of hydrogen-bond donors (Lipinski definition) is 2. The lowest BCUT2D eigenvalue weighted by Crippen LogP contribution is -2.26. The second-order valence-electron chi connectivity index (χ2n) is 3.21. The van der Waals surface area contributed by atoms with Crippen LogP contribution in [0.2, 0.25) is 0 Å². The maximum atomic E-state index is 11.5. The minimum absolute atomic E-state index is 0.205. The van der Waals surface area contributed by atoms with E-state index in [0.29, 0.717) is 13.0 Å². The molecule has 1 rings (SSSR count). The monoisotopic (exact) mass is 219 g/mol. The van der Waals surface area contributed by atoms with Crippen LogP contribution in [-0.4, -0.2) is 22.4 Å². The fraction of sp³-hybridized carbons (Fsp3) is 0.364. The van der Waals surface area contributed by atoms with Crippen LogP contribution in [0.25, 0.3) is 0 Å². The third kappa shape index (κ3) is 3.96. The smallest absolute Gasteiger partial charge is 0.271 e. The van der Waals surface area contributed by atoms with Crippen molar-refractivity contribution in [3.05, 3.63) is 28.4 Å². The van der Waals surface area contributed by atoms with Gasteiger partial charge in [-0.05, 0) is 12.8 Å². The predicted molar refractivity (Wildman–Crippen MR) is 59.9 cm³/mol. The molecule has 84 valence electrons. The Labute approximate surface area is 93.3 Å². The third-order valence-corrected chi connectivity index (χ3v) is 1.94. The third-order valence-electron chi connectivity index (χ3n) is 1.94. The van der Waals surface area contributed by atoms with Gasteiger partial charge in [-0.3, -0.25) is 9.59 Å². The summed E-state index contributed by atoms with van der Waals surface area (Å²) >= 11 is 0. The largest absolute Gasteiger partial charge is 0.351 e. The molecule has 1 aromatic heterocycles. The molecule has 0 aliphatic carbocycles. The molecule has 0 aliphatic rings. The van der Waals surface area contributed by atoms with Crippen LogP contribution in [0.15, 0.2) is 17.2 Å². The van der Waals surface area contributed by atoms with E-state index < -0.39 is 0 Å². The van der Waals surface area contributed by atoms with Gasteiger partial charge in [0.25, 0.3) is 11.5 Å². The fourth-order valence-electron chi connectivity index (χ4n) is 1.11. The number of aromatic amines is 1. The average molecular weight is 219 g/mol. The Bertz CT molecular complexity index is 425. The number of hydrogen-bond acceptors (Lipinski definition) is 3. The fourth-order valence-corrected chi connectivity index (χ4v) is 1.11. The van der Waals surface area contributed by atoms with Gasteiger partial charge in [0.2, 0.25) is 0 Å². The Hall–Kier alpha value is -2.09. The minimum Gasteiger partial charge on any atom is -0.351 e. The van der Waals surface area contributed by atoms with E-state index in [-0.39, 0.29) is 17.2 Å². The first-order valence-corrected chi connectivity index (χ1v) is 5.00. The molecular formula is C11H13N3O2. The van der Waals surface area contributed by atoms with E-state index in [4.69, 9.17) is 6.42 Å². The maximum Gasteiger partial charge on any atom is 0.271 e. The highest BCUT2D eigenvalue weighted by Gasteiger charge is 2.05. The van der Waals surface area contributed by atoms with Gasteiger partial charge in [0, 0.05) is 19.2 Å². The summed E-state index contributed by atoms with van der Waals surface area (Å²) in [5, 5.41) is 2.69. The number of carbonyl (C=O) groups excluding carboxylic acids is 1. The van der Waals surface area contributed by atoms with Gasteiger partial charge in [0.1, 0.15) is 5.69 Å². The van der Waals surface area contributed by atoms with Crippen LogP contribution in [-0.2, 0) is 0 Å². The highest BCUT2D eigenvalue weighted by molar-refractivity contribution is 5.91. The number of aromatic nitrogens is 2. The summed E-state index contributed by atoms with van der Waals surface area (Å²) in [6.07, 6.45) is 9.89. The molecule has 1 heterocycles. The number of amides is 1. The zero-order valence-electron chi connectivity index (χ0n) is 8.82. The normalized spacial score (nSPS) is 9.44. The summed E-state index contributed by atoms with van der Waals surface area (Å²) < 4.78 is 0. The lowest BCUT2D eigenvalue weighted by molar-refractivity contribution is 0.0947. The number of terminal acetylenes is 1. The zero-order valence-corrected chi connectivity index (χ0v) is 8.82. The van der Waals surface area contributed by atoms with E-state index in [2.05, 4.69) is 21.2 Å². The van der Waals surface area contributed by atoms with E-state index in [1.54, 1.807) is 0 Å². The number of carbonyl (C=O) groups is 1. The molecular weight excluding hydrogens is 206 g/mol. The van der Waals surface area contributed by atoms with Crippen LogP contribution in [0.4, 0.5) is 0 Å². The van der Waals surface area contributed by atoms with Gasteiger partial charge >= 0.3 is 0 Å². The summed E-state index contributed by atoms with van der Waals surface area (Å²) in [5.74, 6) is 2.23. The Morgan fingerprint density at radius 1 is 1.56 bits per heavy atom. The van der Waals surface area contributed by atoms with Crippen LogP contribution in [0.3, 0.4) is 0 Å². The van der Waals surface area contributed by atoms with Crippen molar-refractivity contribution in [2.75, 3.05) is 6.54 Å². The summed E-state index contributed by atoms with van der Waals surface area (Å²) in [4.78, 5) is 28.3. The van der Waals surface area contributed by atoms with E-state index in [1.165, 1.54) is 6.20 Å². The summed E-state index contributed by atoms with van der Waals surface area (Å²) in [6.45, 7) is 0.557. The van der Waals surface area contributed by atoms with Gasteiger partial charge in [-0.15, -0.1) is 12.3 Å². The van der Waals surface area contributed by atoms with Gasteiger partial charge in [-0.25, -0.2) is 4.98 Å². The van der Waals surface area contributed by atoms with Crippen molar-refractivity contribution in [1.29, 1.82) is 0 Å². The van der Waals surface area contributed by atoms with Gasteiger partial charge in [-0.2, -0.15) is 0 Å². The lowest BCUT2D eigenvalue weighted by atomic mass is 10.2. The molecule has 1 amide bonds. The van der Waals surface area contributed by atoms with E-state index >= 15 is 0 Å². The SMILES string of the molecule is C#CCCCCNC(=O)c1c[nH]c(=O)cn1. The predicted octanol–water partition coefficient (Wildman–Crippen LogP) is 0.303. The molecule has 0 bridgehead atoms. The number of H-pyrrole nitrogens is 1. The number of unbranched alkanes of at least 4 members (excludes halogenated alkanes) is 2. The first kappa shape index (κ1) is 12.0. The second-order valence-corrected chi connectivity index (χ2v) is 3.21. The number of nitrogens with zero attached hydrogens (tertiary/aromatic N) is 1. The molecule has 1 aromatic rings. The van der Waals surface area contributed by atoms with Gasteiger partial charge in [-0.1, -0.05) is 0 Å². The number of rotatable bonds is 5. The molecule has 16 heavy (non-hydrogen) atoms. The second kappa shape index (κ2) is 6.40. The van der Waals surface area contributed by atoms with Crippen molar-refractivity contribution in [3.8, 4) is 12.3 Å². The molecule has 0 atom stereocenters. The van der Waals surface area contributed by atoms with Crippen molar-refractivity contribution in [2.24, 2.45) is 0 Å². The van der Waals surface area contributed by atoms with E-state index in [0.717, 1.165) is 19.0 Å². The Balaban J connectivity index is 2.33. The first-order valence-electron chi connectivity index (χ1n) is 5.00. The molecule has 5 heteroatoms. The molecule has 5 nitrogen and oxygen atoms in total. The van der Waals surface area contributed by atoms with Crippen molar-refractivity contribution in [2.45, 2.75) is 19.3 Å². The quantitative estimate of drug-likeness (QED) is 0.552. The molecule has 0 fully saturated rings. The minimum atomic E-state index is -0.328. The van der Waals surface area contributed by atoms with Crippen LogP contribution in [0.1, 0.15) is 29.8 Å². The van der Waals surface area contributed by atoms with Crippen LogP contribution < -0.4 is 10.9 Å². The molecule has 0 spiro atoms. The Morgan fingerprint density at radius 2 is 2.38 bits per heavy atom. The van der Waals surface area contributed by atoms with Gasteiger partial charge in [0.15, 0.2) is 0 Å². The van der Waals surface area contributed by atoms with Crippen LogP contribution in [0.5, 0.6) is 0 Å². The molecule has 0 saturated heterocycles. The standard InChI is InChI=1S/C11H13N3O2/c1-2-3-4-5-6-12-11(16)9-7-14-10(15)8-13-9/h1,7-8H,3-6H2,(H,12,16)(H,14,15).